The third-order valence-electron chi connectivity index (χ3n) is 3.08. The lowest BCUT2D eigenvalue weighted by Crippen LogP contribution is -2.24. The molecule has 0 saturated heterocycles. The van der Waals surface area contributed by atoms with Gasteiger partial charge in [0.2, 0.25) is 0 Å². The molecule has 0 spiro atoms. The van der Waals surface area contributed by atoms with Crippen LogP contribution in [0.4, 0.5) is 14.5 Å². The Balaban J connectivity index is 1.94. The topological polar surface area (TPSA) is 21.3 Å². The van der Waals surface area contributed by atoms with Crippen molar-refractivity contribution in [3.8, 4) is 5.75 Å². The lowest BCUT2D eigenvalue weighted by molar-refractivity contribution is 0.210. The summed E-state index contributed by atoms with van der Waals surface area (Å²) in [6.07, 6.45) is -0.466. The summed E-state index contributed by atoms with van der Waals surface area (Å²) in [5.41, 5.74) is 1.06. The molecule has 2 aromatic carbocycles. The summed E-state index contributed by atoms with van der Waals surface area (Å²) < 4.78 is 32.4. The summed E-state index contributed by atoms with van der Waals surface area (Å²) in [5, 5.41) is 3.32. The van der Waals surface area contributed by atoms with Crippen LogP contribution in [0.3, 0.4) is 0 Å². The Bertz CT molecular complexity index is 678. The number of hydrogen-bond donors (Lipinski definition) is 1. The average Bonchev–Trinajstić information content (AvgIpc) is 2.42. The molecule has 1 N–H and O–H groups in total. The fourth-order valence-corrected chi connectivity index (χ4v) is 2.60. The van der Waals surface area contributed by atoms with Gasteiger partial charge in [-0.25, -0.2) is 8.78 Å². The van der Waals surface area contributed by atoms with Gasteiger partial charge in [0.05, 0.1) is 17.3 Å². The Hall–Kier alpha value is -1.52. The van der Waals surface area contributed by atoms with Crippen LogP contribution in [0.25, 0.3) is 0 Å². The van der Waals surface area contributed by atoms with E-state index in [0.29, 0.717) is 28.6 Å². The minimum atomic E-state index is -0.556. The highest BCUT2D eigenvalue weighted by molar-refractivity contribution is 6.35. The molecular formula is C14H9Cl2F2NO. The number of fused-ring (bicyclic) bond motifs is 1. The van der Waals surface area contributed by atoms with E-state index in [1.54, 1.807) is 0 Å². The minimum absolute atomic E-state index is 0.0370. The zero-order valence-electron chi connectivity index (χ0n) is 10.1. The van der Waals surface area contributed by atoms with Crippen molar-refractivity contribution < 1.29 is 13.5 Å². The first-order valence-corrected chi connectivity index (χ1v) is 6.64. The van der Waals surface area contributed by atoms with E-state index >= 15 is 0 Å². The van der Waals surface area contributed by atoms with E-state index in [2.05, 4.69) is 5.32 Å². The summed E-state index contributed by atoms with van der Waals surface area (Å²) in [7, 11) is 0. The second-order valence-electron chi connectivity index (χ2n) is 4.42. The standard InChI is InChI=1S/C14H9Cl2F2NO/c15-9-5-10(16)11(18)4-8(9)14-6-19-12-3-7(17)1-2-13(12)20-14/h1-5,14,19H,6H2. The molecular weight excluding hydrogens is 307 g/mol. The van der Waals surface area contributed by atoms with E-state index in [1.807, 2.05) is 0 Å². The number of anilines is 1. The molecule has 0 bridgehead atoms. The van der Waals surface area contributed by atoms with E-state index in [1.165, 1.54) is 30.3 Å². The van der Waals surface area contributed by atoms with Crippen molar-refractivity contribution in [1.82, 2.24) is 0 Å². The molecule has 20 heavy (non-hydrogen) atoms. The van der Waals surface area contributed by atoms with E-state index in [0.717, 1.165) is 0 Å². The Morgan fingerprint density at radius 3 is 2.70 bits per heavy atom. The quantitative estimate of drug-likeness (QED) is 0.762. The molecule has 2 aromatic rings. The van der Waals surface area contributed by atoms with Crippen LogP contribution in [0.2, 0.25) is 10.0 Å². The van der Waals surface area contributed by atoms with Gasteiger partial charge in [0.15, 0.2) is 0 Å². The van der Waals surface area contributed by atoms with Crippen LogP contribution in [-0.4, -0.2) is 6.54 Å². The van der Waals surface area contributed by atoms with Crippen LogP contribution < -0.4 is 10.1 Å². The van der Waals surface area contributed by atoms with Gasteiger partial charge in [-0.3, -0.25) is 0 Å². The van der Waals surface area contributed by atoms with Gasteiger partial charge >= 0.3 is 0 Å². The first-order valence-electron chi connectivity index (χ1n) is 5.89. The molecule has 3 rings (SSSR count). The summed E-state index contributed by atoms with van der Waals surface area (Å²) >= 11 is 11.7. The van der Waals surface area contributed by atoms with Crippen LogP contribution in [0.15, 0.2) is 30.3 Å². The predicted octanol–water partition coefficient (Wildman–Crippen LogP) is 4.82. The van der Waals surface area contributed by atoms with Gasteiger partial charge in [0.1, 0.15) is 23.5 Å². The zero-order chi connectivity index (χ0) is 14.3. The molecule has 6 heteroatoms. The number of hydrogen-bond acceptors (Lipinski definition) is 2. The number of benzene rings is 2. The van der Waals surface area contributed by atoms with Gasteiger partial charge in [-0.2, -0.15) is 0 Å². The number of nitrogens with one attached hydrogen (secondary N) is 1. The van der Waals surface area contributed by atoms with Crippen molar-refractivity contribution in [2.75, 3.05) is 11.9 Å². The largest absolute Gasteiger partial charge is 0.482 e. The highest BCUT2D eigenvalue weighted by Crippen LogP contribution is 2.37. The van der Waals surface area contributed by atoms with Gasteiger partial charge in [-0.15, -0.1) is 0 Å². The molecule has 1 aliphatic heterocycles. The highest BCUT2D eigenvalue weighted by atomic mass is 35.5. The summed E-state index contributed by atoms with van der Waals surface area (Å²) in [4.78, 5) is 0. The Kier molecular flexibility index (Phi) is 3.44. The lowest BCUT2D eigenvalue weighted by atomic mass is 10.1. The van der Waals surface area contributed by atoms with Crippen molar-refractivity contribution >= 4 is 28.9 Å². The number of halogens is 4. The van der Waals surface area contributed by atoms with E-state index in [9.17, 15) is 8.78 Å². The number of ether oxygens (including phenoxy) is 1. The molecule has 1 unspecified atom stereocenters. The van der Waals surface area contributed by atoms with E-state index in [-0.39, 0.29) is 10.8 Å². The maximum atomic E-state index is 13.5. The molecule has 0 radical (unpaired) electrons. The molecule has 0 aliphatic carbocycles. The van der Waals surface area contributed by atoms with Gasteiger partial charge in [-0.1, -0.05) is 23.2 Å². The average molecular weight is 316 g/mol. The Morgan fingerprint density at radius 1 is 1.10 bits per heavy atom. The molecule has 0 saturated carbocycles. The Labute approximate surface area is 124 Å². The maximum absolute atomic E-state index is 13.5. The van der Waals surface area contributed by atoms with Crippen LogP contribution in [-0.2, 0) is 0 Å². The van der Waals surface area contributed by atoms with Gasteiger partial charge in [0.25, 0.3) is 0 Å². The highest BCUT2D eigenvalue weighted by Gasteiger charge is 2.24. The first kappa shape index (κ1) is 13.5. The van der Waals surface area contributed by atoms with E-state index < -0.39 is 11.9 Å². The first-order chi connectivity index (χ1) is 9.54. The van der Waals surface area contributed by atoms with Crippen LogP contribution in [0.1, 0.15) is 11.7 Å². The van der Waals surface area contributed by atoms with Gasteiger partial charge < -0.3 is 10.1 Å². The van der Waals surface area contributed by atoms with Crippen molar-refractivity contribution in [2.45, 2.75) is 6.10 Å². The van der Waals surface area contributed by atoms with Crippen molar-refractivity contribution in [1.29, 1.82) is 0 Å². The smallest absolute Gasteiger partial charge is 0.143 e. The maximum Gasteiger partial charge on any atom is 0.143 e. The second-order valence-corrected chi connectivity index (χ2v) is 5.23. The zero-order valence-corrected chi connectivity index (χ0v) is 11.6. The van der Waals surface area contributed by atoms with Gasteiger partial charge in [0, 0.05) is 16.7 Å². The third-order valence-corrected chi connectivity index (χ3v) is 3.69. The fraction of sp³-hybridized carbons (Fsp3) is 0.143. The fourth-order valence-electron chi connectivity index (χ4n) is 2.10. The molecule has 2 nitrogen and oxygen atoms in total. The molecule has 1 heterocycles. The van der Waals surface area contributed by atoms with Crippen molar-refractivity contribution in [2.24, 2.45) is 0 Å². The summed E-state index contributed by atoms with van der Waals surface area (Å²) in [5.74, 6) is -0.414. The summed E-state index contributed by atoms with van der Waals surface area (Å²) in [6.45, 7) is 0.358. The summed E-state index contributed by atoms with van der Waals surface area (Å²) in [6, 6.07) is 6.76. The molecule has 104 valence electrons. The molecule has 0 aromatic heterocycles. The molecule has 0 amide bonds. The minimum Gasteiger partial charge on any atom is -0.482 e. The van der Waals surface area contributed by atoms with Crippen LogP contribution >= 0.6 is 23.2 Å². The van der Waals surface area contributed by atoms with Crippen LogP contribution in [0, 0.1) is 11.6 Å². The molecule has 0 fully saturated rings. The lowest BCUT2D eigenvalue weighted by Gasteiger charge is -2.28. The predicted molar refractivity (Wildman–Crippen MR) is 74.7 cm³/mol. The SMILES string of the molecule is Fc1ccc2c(c1)NCC(c1cc(F)c(Cl)cc1Cl)O2. The molecule has 1 aliphatic rings. The van der Waals surface area contributed by atoms with Gasteiger partial charge in [-0.05, 0) is 24.3 Å². The van der Waals surface area contributed by atoms with E-state index in [4.69, 9.17) is 27.9 Å². The van der Waals surface area contributed by atoms with Crippen molar-refractivity contribution in [3.63, 3.8) is 0 Å². The molecule has 1 atom stereocenters. The van der Waals surface area contributed by atoms with Crippen LogP contribution in [0.5, 0.6) is 5.75 Å². The normalized spacial score (nSPS) is 17.1. The monoisotopic (exact) mass is 315 g/mol. The third kappa shape index (κ3) is 2.41. The van der Waals surface area contributed by atoms with Crippen molar-refractivity contribution in [3.05, 3.63) is 57.6 Å². The second kappa shape index (κ2) is 5.11. The Morgan fingerprint density at radius 2 is 1.90 bits per heavy atom. The number of rotatable bonds is 1.